The van der Waals surface area contributed by atoms with Gasteiger partial charge in [-0.15, -0.1) is 0 Å². The Labute approximate surface area is 264 Å². The van der Waals surface area contributed by atoms with Crippen LogP contribution in [0.5, 0.6) is 0 Å². The van der Waals surface area contributed by atoms with Crippen molar-refractivity contribution >= 4 is 38.9 Å². The average Bonchev–Trinajstić information content (AvgIpc) is 3.49. The molecule has 1 heterocycles. The zero-order chi connectivity index (χ0) is 33.6. The van der Waals surface area contributed by atoms with Crippen LogP contribution in [0.3, 0.4) is 0 Å². The molecular weight excluding hydrogens is 532 g/mol. The fraction of sp³-hybridized carbons (Fsp3) is 0. The third-order valence-electron chi connectivity index (χ3n) is 8.08. The first-order chi connectivity index (χ1) is 23.9. The van der Waals surface area contributed by atoms with E-state index in [4.69, 9.17) is 6.85 Å². The van der Waals surface area contributed by atoms with E-state index in [2.05, 4.69) is 100 Å². The van der Waals surface area contributed by atoms with Crippen molar-refractivity contribution in [1.29, 1.82) is 0 Å². The second kappa shape index (κ2) is 11.1. The molecular formula is C42H30N2. The minimum Gasteiger partial charge on any atom is -0.311 e. The Morgan fingerprint density at radius 2 is 0.932 bits per heavy atom. The second-order valence-corrected chi connectivity index (χ2v) is 10.7. The number of para-hydroxylation sites is 3. The molecule has 0 N–H and O–H groups in total. The highest BCUT2D eigenvalue weighted by atomic mass is 15.1. The number of fused-ring (bicyclic) bond motifs is 3. The Kier molecular flexibility index (Phi) is 5.27. The molecule has 2 nitrogen and oxygen atoms in total. The summed E-state index contributed by atoms with van der Waals surface area (Å²) in [5.41, 5.74) is 9.23. The first kappa shape index (κ1) is 20.9. The fourth-order valence-corrected chi connectivity index (χ4v) is 6.00. The molecule has 0 atom stereocenters. The highest BCUT2D eigenvalue weighted by molar-refractivity contribution is 6.10. The van der Waals surface area contributed by atoms with Crippen LogP contribution in [0, 0.1) is 0 Å². The fourth-order valence-electron chi connectivity index (χ4n) is 6.00. The second-order valence-electron chi connectivity index (χ2n) is 10.7. The quantitative estimate of drug-likeness (QED) is 0.194. The van der Waals surface area contributed by atoms with E-state index in [1.165, 1.54) is 16.3 Å². The van der Waals surface area contributed by atoms with E-state index in [9.17, 15) is 0 Å². The van der Waals surface area contributed by atoms with Gasteiger partial charge in [0.1, 0.15) is 0 Å². The van der Waals surface area contributed by atoms with Crippen LogP contribution < -0.4 is 4.90 Å². The lowest BCUT2D eigenvalue weighted by molar-refractivity contribution is 1.18. The van der Waals surface area contributed by atoms with Gasteiger partial charge in [0.2, 0.25) is 0 Å². The van der Waals surface area contributed by atoms with Gasteiger partial charge >= 0.3 is 0 Å². The van der Waals surface area contributed by atoms with Crippen molar-refractivity contribution in [3.8, 4) is 27.9 Å². The highest BCUT2D eigenvalue weighted by Gasteiger charge is 2.15. The molecule has 1 aromatic heterocycles. The van der Waals surface area contributed by atoms with E-state index in [0.29, 0.717) is 5.56 Å². The molecule has 0 amide bonds. The van der Waals surface area contributed by atoms with E-state index < -0.39 is 6.04 Å². The largest absolute Gasteiger partial charge is 0.311 e. The maximum Gasteiger partial charge on any atom is 0.0629 e. The Morgan fingerprint density at radius 1 is 0.409 bits per heavy atom. The number of hydrogen-bond acceptors (Lipinski definition) is 1. The Hall–Kier alpha value is -5.86. The zero-order valence-electron chi connectivity index (χ0n) is 28.8. The van der Waals surface area contributed by atoms with Crippen molar-refractivity contribution in [3.05, 3.63) is 182 Å². The van der Waals surface area contributed by atoms with Crippen LogP contribution in [0.2, 0.25) is 0 Å². The van der Waals surface area contributed by atoms with Crippen LogP contribution in [0.4, 0.5) is 17.1 Å². The Morgan fingerprint density at radius 3 is 1.61 bits per heavy atom. The summed E-state index contributed by atoms with van der Waals surface area (Å²) in [6.45, 7) is 0. The third-order valence-corrected chi connectivity index (χ3v) is 8.08. The molecule has 0 aliphatic rings. The molecule has 0 spiro atoms. The summed E-state index contributed by atoms with van der Waals surface area (Å²) in [5.74, 6) is 0. The van der Waals surface area contributed by atoms with Crippen LogP contribution in [0.25, 0.3) is 49.7 Å². The van der Waals surface area contributed by atoms with E-state index >= 15 is 0 Å². The minimum atomic E-state index is -0.396. The summed E-state index contributed by atoms with van der Waals surface area (Å²) in [5, 5.41) is 2.43. The molecule has 0 fully saturated rings. The lowest BCUT2D eigenvalue weighted by Gasteiger charge is -2.26. The standard InChI is InChI=1S/C42H30N2/c1-4-12-31(13-5-1)32-20-25-37(26-21-32)43(35-14-6-2-7-15-35)38-27-22-33(23-28-38)34-24-29-40-39-18-10-11-19-41(39)44(42(40)30-34)36-16-8-3-9-17-36/h1-30H/i1D,4D,5D,12D,13D. The monoisotopic (exact) mass is 567 g/mol. The zero-order valence-corrected chi connectivity index (χ0v) is 23.8. The first-order valence-corrected chi connectivity index (χ1v) is 14.6. The number of benzene rings is 7. The van der Waals surface area contributed by atoms with Crippen LogP contribution in [0.1, 0.15) is 6.85 Å². The van der Waals surface area contributed by atoms with Gasteiger partial charge in [-0.3, -0.25) is 0 Å². The summed E-state index contributed by atoms with van der Waals surface area (Å²) < 4.78 is 43.3. The lowest BCUT2D eigenvalue weighted by Crippen LogP contribution is -2.09. The molecule has 8 rings (SSSR count). The molecule has 208 valence electrons. The van der Waals surface area contributed by atoms with Gasteiger partial charge in [0.25, 0.3) is 0 Å². The average molecular weight is 568 g/mol. The maximum absolute atomic E-state index is 8.42. The SMILES string of the molecule is [2H]c1c([2H])c([2H])c(-c2ccc(N(c3ccccc3)c3ccc(-c4ccc5c6ccccc6n(-c6ccccc6)c5c4)cc3)cc2)c([2H])c1[2H]. The van der Waals surface area contributed by atoms with Gasteiger partial charge in [-0.2, -0.15) is 0 Å². The molecule has 8 aromatic rings. The van der Waals surface area contributed by atoms with Gasteiger partial charge in [-0.25, -0.2) is 0 Å². The van der Waals surface area contributed by atoms with E-state index in [1.54, 1.807) is 0 Å². The molecule has 44 heavy (non-hydrogen) atoms. The Bertz CT molecular complexity index is 2440. The smallest absolute Gasteiger partial charge is 0.0629 e. The number of hydrogen-bond donors (Lipinski definition) is 0. The van der Waals surface area contributed by atoms with Crippen LogP contribution in [-0.4, -0.2) is 4.57 Å². The van der Waals surface area contributed by atoms with Crippen LogP contribution in [-0.2, 0) is 0 Å². The topological polar surface area (TPSA) is 8.17 Å². The molecule has 0 radical (unpaired) electrons. The van der Waals surface area contributed by atoms with Gasteiger partial charge in [-0.05, 0) is 82.9 Å². The normalized spacial score (nSPS) is 12.8. The Balaban J connectivity index is 1.19. The molecule has 0 bridgehead atoms. The summed E-state index contributed by atoms with van der Waals surface area (Å²) >= 11 is 0. The molecule has 0 aliphatic carbocycles. The summed E-state index contributed by atoms with van der Waals surface area (Å²) in [6, 6.07) is 50.2. The molecule has 0 saturated carbocycles. The first-order valence-electron chi connectivity index (χ1n) is 17.1. The minimum absolute atomic E-state index is 0.191. The van der Waals surface area contributed by atoms with Crippen molar-refractivity contribution in [1.82, 2.24) is 4.57 Å². The van der Waals surface area contributed by atoms with E-state index in [0.717, 1.165) is 39.4 Å². The highest BCUT2D eigenvalue weighted by Crippen LogP contribution is 2.38. The molecule has 0 aliphatic heterocycles. The molecule has 0 saturated heterocycles. The van der Waals surface area contributed by atoms with Crippen LogP contribution >= 0.6 is 0 Å². The molecule has 2 heteroatoms. The van der Waals surface area contributed by atoms with Gasteiger partial charge in [0, 0.05) is 33.5 Å². The molecule has 0 unspecified atom stereocenters. The maximum atomic E-state index is 8.42. The summed E-state index contributed by atoms with van der Waals surface area (Å²) in [4.78, 5) is 2.14. The third kappa shape index (κ3) is 4.63. The predicted molar refractivity (Wildman–Crippen MR) is 186 cm³/mol. The summed E-state index contributed by atoms with van der Waals surface area (Å²) in [6.07, 6.45) is 0. The summed E-state index contributed by atoms with van der Waals surface area (Å²) in [7, 11) is 0. The van der Waals surface area contributed by atoms with Crippen molar-refractivity contribution in [2.24, 2.45) is 0 Å². The van der Waals surface area contributed by atoms with Crippen molar-refractivity contribution in [2.45, 2.75) is 0 Å². The number of rotatable bonds is 6. The van der Waals surface area contributed by atoms with Crippen LogP contribution in [0.15, 0.2) is 182 Å². The van der Waals surface area contributed by atoms with Crippen molar-refractivity contribution < 1.29 is 6.85 Å². The van der Waals surface area contributed by atoms with E-state index in [1.807, 2.05) is 60.7 Å². The van der Waals surface area contributed by atoms with Gasteiger partial charge in [0.15, 0.2) is 0 Å². The predicted octanol–water partition coefficient (Wildman–Crippen LogP) is 11.6. The van der Waals surface area contributed by atoms with Crippen molar-refractivity contribution in [3.63, 3.8) is 0 Å². The van der Waals surface area contributed by atoms with E-state index in [-0.39, 0.29) is 29.7 Å². The van der Waals surface area contributed by atoms with Gasteiger partial charge in [0.05, 0.1) is 17.9 Å². The molecule has 7 aromatic carbocycles. The lowest BCUT2D eigenvalue weighted by atomic mass is 10.0. The van der Waals surface area contributed by atoms with Gasteiger partial charge < -0.3 is 9.47 Å². The van der Waals surface area contributed by atoms with Gasteiger partial charge in [-0.1, -0.05) is 121 Å². The number of nitrogens with zero attached hydrogens (tertiary/aromatic N) is 2. The van der Waals surface area contributed by atoms with Crippen molar-refractivity contribution in [2.75, 3.05) is 4.90 Å². The number of anilines is 3. The number of aromatic nitrogens is 1.